The summed E-state index contributed by atoms with van der Waals surface area (Å²) >= 11 is 0. The number of hydrogen-bond donors (Lipinski definition) is 1. The molecular formula is C30H32FN5O3. The Hall–Kier alpha value is -4.11. The molecular weight excluding hydrogens is 497 g/mol. The molecule has 8 nitrogen and oxygen atoms in total. The highest BCUT2D eigenvalue weighted by atomic mass is 19.1. The molecule has 0 spiro atoms. The van der Waals surface area contributed by atoms with Crippen molar-refractivity contribution in [3.8, 4) is 0 Å². The van der Waals surface area contributed by atoms with Gasteiger partial charge in [0.1, 0.15) is 23.9 Å². The van der Waals surface area contributed by atoms with E-state index < -0.39 is 23.7 Å². The average molecular weight is 530 g/mol. The first kappa shape index (κ1) is 26.5. The second kappa shape index (κ2) is 11.7. The molecule has 1 aliphatic heterocycles. The largest absolute Gasteiger partial charge is 0.376 e. The van der Waals surface area contributed by atoms with Crippen molar-refractivity contribution in [3.05, 3.63) is 89.7 Å². The van der Waals surface area contributed by atoms with Gasteiger partial charge in [-0.3, -0.25) is 14.5 Å². The van der Waals surface area contributed by atoms with Crippen molar-refractivity contribution < 1.29 is 18.7 Å². The van der Waals surface area contributed by atoms with Crippen molar-refractivity contribution >= 4 is 28.5 Å². The van der Waals surface area contributed by atoms with E-state index in [2.05, 4.69) is 29.5 Å². The van der Waals surface area contributed by atoms with E-state index in [-0.39, 0.29) is 24.3 Å². The Balaban J connectivity index is 1.55. The minimum Gasteiger partial charge on any atom is -0.376 e. The van der Waals surface area contributed by atoms with Gasteiger partial charge in [0.2, 0.25) is 11.8 Å². The second-order valence-electron chi connectivity index (χ2n) is 10.1. The molecule has 3 aromatic carbocycles. The van der Waals surface area contributed by atoms with Gasteiger partial charge in [0.15, 0.2) is 0 Å². The molecule has 1 saturated heterocycles. The molecule has 0 unspecified atom stereocenters. The molecule has 1 N–H and O–H groups in total. The van der Waals surface area contributed by atoms with Gasteiger partial charge in [0.25, 0.3) is 0 Å². The van der Waals surface area contributed by atoms with E-state index in [1.54, 1.807) is 18.2 Å². The maximum Gasteiger partial charge on any atom is 0.249 e. The molecule has 0 bridgehead atoms. The van der Waals surface area contributed by atoms with Gasteiger partial charge in [-0.15, -0.1) is 5.10 Å². The van der Waals surface area contributed by atoms with Crippen LogP contribution in [0.4, 0.5) is 10.1 Å². The number of benzene rings is 3. The van der Waals surface area contributed by atoms with Crippen molar-refractivity contribution in [3.63, 3.8) is 0 Å². The number of rotatable bonds is 9. The maximum atomic E-state index is 15.3. The van der Waals surface area contributed by atoms with E-state index in [9.17, 15) is 9.59 Å². The first-order valence-corrected chi connectivity index (χ1v) is 13.3. The van der Waals surface area contributed by atoms with E-state index in [1.807, 2.05) is 42.5 Å². The van der Waals surface area contributed by atoms with E-state index in [1.165, 1.54) is 21.7 Å². The molecule has 9 heteroatoms. The number of amides is 2. The van der Waals surface area contributed by atoms with Crippen LogP contribution in [0, 0.1) is 5.82 Å². The van der Waals surface area contributed by atoms with E-state index in [0.29, 0.717) is 29.7 Å². The third-order valence-electron chi connectivity index (χ3n) is 7.04. The van der Waals surface area contributed by atoms with Gasteiger partial charge in [-0.25, -0.2) is 9.07 Å². The van der Waals surface area contributed by atoms with E-state index >= 15 is 4.39 Å². The lowest BCUT2D eigenvalue weighted by atomic mass is 9.97. The minimum atomic E-state index is -1.12. The molecule has 202 valence electrons. The monoisotopic (exact) mass is 529 g/mol. The molecule has 5 rings (SSSR count). The van der Waals surface area contributed by atoms with Crippen LogP contribution < -0.4 is 10.2 Å². The van der Waals surface area contributed by atoms with Crippen LogP contribution >= 0.6 is 0 Å². The quantitative estimate of drug-likeness (QED) is 0.338. The molecule has 39 heavy (non-hydrogen) atoms. The summed E-state index contributed by atoms with van der Waals surface area (Å²) < 4.78 is 22.4. The fourth-order valence-electron chi connectivity index (χ4n) is 4.90. The number of carbonyl (C=O) groups is 2. The molecule has 0 radical (unpaired) electrons. The van der Waals surface area contributed by atoms with E-state index in [4.69, 9.17) is 4.74 Å². The van der Waals surface area contributed by atoms with Crippen molar-refractivity contribution in [2.75, 3.05) is 18.1 Å². The van der Waals surface area contributed by atoms with Gasteiger partial charge in [0.05, 0.1) is 17.3 Å². The number of carbonyl (C=O) groups excluding carboxylic acids is 2. The molecule has 2 amide bonds. The number of hydrogen-bond acceptors (Lipinski definition) is 5. The van der Waals surface area contributed by atoms with Crippen molar-refractivity contribution in [1.29, 1.82) is 0 Å². The van der Waals surface area contributed by atoms with Crippen molar-refractivity contribution in [2.45, 2.75) is 51.3 Å². The molecule has 2 heterocycles. The molecule has 0 saturated carbocycles. The standard InChI is InChI=1S/C30H32FN5O3/c1-20(2)21-13-15-22(16-14-21)29(30(38)32-18-23-8-7-17-39-23)36(26-11-5-3-9-24(26)31)28(37)19-35-27-12-6-4-10-25(27)33-34-35/h3-6,9-16,20,23,29H,7-8,17-19H2,1-2H3,(H,32,38)/t23-,29-/m1/s1. The Kier molecular flexibility index (Phi) is 7.97. The van der Waals surface area contributed by atoms with Gasteiger partial charge in [-0.2, -0.15) is 0 Å². The minimum absolute atomic E-state index is 0.0112. The highest BCUT2D eigenvalue weighted by Crippen LogP contribution is 2.31. The average Bonchev–Trinajstić information content (AvgIpc) is 3.61. The normalized spacial score (nSPS) is 15.9. The molecule has 0 aliphatic carbocycles. The van der Waals surface area contributed by atoms with Crippen molar-refractivity contribution in [1.82, 2.24) is 20.3 Å². The Bertz CT molecular complexity index is 1450. The van der Waals surface area contributed by atoms with Crippen LogP contribution in [-0.4, -0.2) is 46.1 Å². The fraction of sp³-hybridized carbons (Fsp3) is 0.333. The summed E-state index contributed by atoms with van der Waals surface area (Å²) in [7, 11) is 0. The van der Waals surface area contributed by atoms with Gasteiger partial charge in [-0.05, 0) is 54.2 Å². The van der Waals surface area contributed by atoms with Gasteiger partial charge in [0, 0.05) is 13.2 Å². The van der Waals surface area contributed by atoms with Crippen LogP contribution in [0.2, 0.25) is 0 Å². The highest BCUT2D eigenvalue weighted by Gasteiger charge is 2.35. The second-order valence-corrected chi connectivity index (χ2v) is 10.1. The predicted molar refractivity (Wildman–Crippen MR) is 147 cm³/mol. The smallest absolute Gasteiger partial charge is 0.249 e. The van der Waals surface area contributed by atoms with E-state index in [0.717, 1.165) is 18.4 Å². The molecule has 1 aliphatic rings. The van der Waals surface area contributed by atoms with Crippen molar-refractivity contribution in [2.24, 2.45) is 0 Å². The lowest BCUT2D eigenvalue weighted by Crippen LogP contribution is -2.47. The highest BCUT2D eigenvalue weighted by molar-refractivity contribution is 6.01. The Morgan fingerprint density at radius 1 is 1.05 bits per heavy atom. The Morgan fingerprint density at radius 2 is 1.77 bits per heavy atom. The maximum absolute atomic E-state index is 15.3. The van der Waals surface area contributed by atoms with Crippen LogP contribution in [0.25, 0.3) is 11.0 Å². The molecule has 2 atom stereocenters. The summed E-state index contributed by atoms with van der Waals surface area (Å²) in [6.45, 7) is 4.91. The summed E-state index contributed by atoms with van der Waals surface area (Å²) in [5.41, 5.74) is 2.98. The number of nitrogens with zero attached hydrogens (tertiary/aromatic N) is 4. The first-order valence-electron chi connectivity index (χ1n) is 13.3. The molecule has 4 aromatic rings. The third-order valence-corrected chi connectivity index (χ3v) is 7.04. The zero-order valence-corrected chi connectivity index (χ0v) is 22.1. The zero-order chi connectivity index (χ0) is 27.4. The summed E-state index contributed by atoms with van der Waals surface area (Å²) in [5.74, 6) is -1.23. The third kappa shape index (κ3) is 5.83. The summed E-state index contributed by atoms with van der Waals surface area (Å²) in [5, 5.41) is 11.2. The van der Waals surface area contributed by atoms with Gasteiger partial charge < -0.3 is 10.1 Å². The topological polar surface area (TPSA) is 89.4 Å². The number of anilines is 1. The van der Waals surface area contributed by atoms with Crippen LogP contribution in [0.1, 0.15) is 49.8 Å². The number of aromatic nitrogens is 3. The predicted octanol–water partition coefficient (Wildman–Crippen LogP) is 4.76. The number of nitrogens with one attached hydrogen (secondary N) is 1. The Labute approximate surface area is 226 Å². The number of para-hydroxylation sites is 2. The van der Waals surface area contributed by atoms with Crippen LogP contribution in [-0.2, 0) is 20.9 Å². The number of halogens is 1. The Morgan fingerprint density at radius 3 is 2.49 bits per heavy atom. The van der Waals surface area contributed by atoms with Crippen LogP contribution in [0.5, 0.6) is 0 Å². The summed E-state index contributed by atoms with van der Waals surface area (Å²) in [6.07, 6.45) is 1.70. The number of ether oxygens (including phenoxy) is 1. The lowest BCUT2D eigenvalue weighted by Gasteiger charge is -2.32. The molecule has 1 fully saturated rings. The summed E-state index contributed by atoms with van der Waals surface area (Å²) in [4.78, 5) is 29.1. The number of fused-ring (bicyclic) bond motifs is 1. The van der Waals surface area contributed by atoms with Gasteiger partial charge in [-0.1, -0.05) is 67.6 Å². The first-order chi connectivity index (χ1) is 18.9. The molecule has 1 aromatic heterocycles. The zero-order valence-electron chi connectivity index (χ0n) is 22.1. The lowest BCUT2D eigenvalue weighted by molar-refractivity contribution is -0.127. The van der Waals surface area contributed by atoms with Crippen LogP contribution in [0.15, 0.2) is 72.8 Å². The fourth-order valence-corrected chi connectivity index (χ4v) is 4.90. The van der Waals surface area contributed by atoms with Crippen LogP contribution in [0.3, 0.4) is 0 Å². The van der Waals surface area contributed by atoms with Gasteiger partial charge >= 0.3 is 0 Å². The summed E-state index contributed by atoms with van der Waals surface area (Å²) in [6, 6.07) is 19.7. The SMILES string of the molecule is CC(C)c1ccc([C@H](C(=O)NC[C@H]2CCCO2)N(C(=O)Cn2nnc3ccccc32)c2ccccc2F)cc1.